The molecule has 1 saturated heterocycles. The lowest BCUT2D eigenvalue weighted by Gasteiger charge is -2.15. The van der Waals surface area contributed by atoms with E-state index in [4.69, 9.17) is 0 Å². The Morgan fingerprint density at radius 2 is 2.05 bits per heavy atom. The molecule has 1 aliphatic heterocycles. The number of rotatable bonds is 3. The van der Waals surface area contributed by atoms with Crippen LogP contribution in [0.15, 0.2) is 43.0 Å². The first-order chi connectivity index (χ1) is 10.2. The van der Waals surface area contributed by atoms with Gasteiger partial charge in [-0.05, 0) is 18.2 Å². The lowest BCUT2D eigenvalue weighted by atomic mass is 10.1. The van der Waals surface area contributed by atoms with Crippen LogP contribution in [-0.4, -0.2) is 33.3 Å². The van der Waals surface area contributed by atoms with Crippen LogP contribution in [-0.2, 0) is 9.59 Å². The molecule has 1 N–H and O–H groups in total. The molecule has 21 heavy (non-hydrogen) atoms. The van der Waals surface area contributed by atoms with Crippen LogP contribution in [0.4, 0.5) is 11.6 Å². The SMILES string of the molecule is O=C(Nc1ncccn1)C1CC(=O)N(c2cccnc2)C1. The summed E-state index contributed by atoms with van der Waals surface area (Å²) in [5, 5.41) is 2.62. The Kier molecular flexibility index (Phi) is 3.55. The monoisotopic (exact) mass is 283 g/mol. The highest BCUT2D eigenvalue weighted by molar-refractivity contribution is 6.02. The second kappa shape index (κ2) is 5.66. The van der Waals surface area contributed by atoms with E-state index >= 15 is 0 Å². The standard InChI is InChI=1S/C14H13N5O2/c20-12-7-10(9-19(12)11-3-1-4-15-8-11)13(21)18-14-16-5-2-6-17-14/h1-6,8,10H,7,9H2,(H,16,17,18,21). The van der Waals surface area contributed by atoms with E-state index in [1.54, 1.807) is 47.9 Å². The maximum atomic E-state index is 12.2. The van der Waals surface area contributed by atoms with Crippen molar-refractivity contribution in [3.05, 3.63) is 43.0 Å². The van der Waals surface area contributed by atoms with Crippen molar-refractivity contribution in [3.63, 3.8) is 0 Å². The lowest BCUT2D eigenvalue weighted by Crippen LogP contribution is -2.28. The molecule has 1 unspecified atom stereocenters. The number of hydrogen-bond acceptors (Lipinski definition) is 5. The van der Waals surface area contributed by atoms with Crippen molar-refractivity contribution in [2.75, 3.05) is 16.8 Å². The Morgan fingerprint density at radius 1 is 1.24 bits per heavy atom. The molecule has 106 valence electrons. The zero-order valence-electron chi connectivity index (χ0n) is 11.1. The van der Waals surface area contributed by atoms with Crippen molar-refractivity contribution in [1.82, 2.24) is 15.0 Å². The molecule has 0 saturated carbocycles. The second-order valence-corrected chi connectivity index (χ2v) is 4.68. The number of nitrogens with zero attached hydrogens (tertiary/aromatic N) is 4. The number of carbonyl (C=O) groups excluding carboxylic acids is 2. The molecule has 0 radical (unpaired) electrons. The maximum absolute atomic E-state index is 12.2. The number of carbonyl (C=O) groups is 2. The number of anilines is 2. The van der Waals surface area contributed by atoms with E-state index in [1.807, 2.05) is 0 Å². The van der Waals surface area contributed by atoms with Gasteiger partial charge in [-0.25, -0.2) is 9.97 Å². The molecule has 7 nitrogen and oxygen atoms in total. The third-order valence-corrected chi connectivity index (χ3v) is 3.25. The first-order valence-corrected chi connectivity index (χ1v) is 6.52. The highest BCUT2D eigenvalue weighted by Gasteiger charge is 2.35. The predicted octanol–water partition coefficient (Wildman–Crippen LogP) is 0.863. The van der Waals surface area contributed by atoms with Gasteiger partial charge < -0.3 is 4.90 Å². The smallest absolute Gasteiger partial charge is 0.232 e. The van der Waals surface area contributed by atoms with Gasteiger partial charge in [0.25, 0.3) is 0 Å². The molecule has 1 atom stereocenters. The van der Waals surface area contributed by atoms with E-state index in [1.165, 1.54) is 0 Å². The Balaban J connectivity index is 1.68. The van der Waals surface area contributed by atoms with Crippen molar-refractivity contribution in [2.45, 2.75) is 6.42 Å². The summed E-state index contributed by atoms with van der Waals surface area (Å²) in [7, 11) is 0. The second-order valence-electron chi connectivity index (χ2n) is 4.68. The molecule has 0 bridgehead atoms. The van der Waals surface area contributed by atoms with Gasteiger partial charge in [-0.3, -0.25) is 19.9 Å². The molecule has 0 aliphatic carbocycles. The molecular formula is C14H13N5O2. The van der Waals surface area contributed by atoms with E-state index in [9.17, 15) is 9.59 Å². The molecule has 2 amide bonds. The zero-order valence-corrected chi connectivity index (χ0v) is 11.1. The minimum atomic E-state index is -0.415. The quantitative estimate of drug-likeness (QED) is 0.902. The van der Waals surface area contributed by atoms with E-state index in [-0.39, 0.29) is 24.2 Å². The molecule has 3 heterocycles. The van der Waals surface area contributed by atoms with Gasteiger partial charge in [-0.2, -0.15) is 0 Å². The summed E-state index contributed by atoms with van der Waals surface area (Å²) in [4.78, 5) is 37.6. The van der Waals surface area contributed by atoms with Gasteiger partial charge in [-0.15, -0.1) is 0 Å². The summed E-state index contributed by atoms with van der Waals surface area (Å²) in [6, 6.07) is 5.22. The summed E-state index contributed by atoms with van der Waals surface area (Å²) < 4.78 is 0. The molecule has 3 rings (SSSR count). The molecule has 0 spiro atoms. The first-order valence-electron chi connectivity index (χ1n) is 6.52. The van der Waals surface area contributed by atoms with Gasteiger partial charge >= 0.3 is 0 Å². The minimum Gasteiger partial charge on any atom is -0.310 e. The molecular weight excluding hydrogens is 270 g/mol. The van der Waals surface area contributed by atoms with Crippen LogP contribution in [0.1, 0.15) is 6.42 Å². The van der Waals surface area contributed by atoms with Crippen molar-refractivity contribution in [1.29, 1.82) is 0 Å². The number of nitrogens with one attached hydrogen (secondary N) is 1. The molecule has 2 aromatic rings. The van der Waals surface area contributed by atoms with Crippen molar-refractivity contribution in [2.24, 2.45) is 5.92 Å². The lowest BCUT2D eigenvalue weighted by molar-refractivity contribution is -0.122. The largest absolute Gasteiger partial charge is 0.310 e. The van der Waals surface area contributed by atoms with E-state index < -0.39 is 5.92 Å². The Labute approximate surface area is 121 Å². The normalized spacial score (nSPS) is 17.8. The molecule has 2 aromatic heterocycles. The van der Waals surface area contributed by atoms with Gasteiger partial charge in [0, 0.05) is 31.6 Å². The fraction of sp³-hybridized carbons (Fsp3) is 0.214. The number of pyridine rings is 1. The molecule has 1 fully saturated rings. The van der Waals surface area contributed by atoms with Crippen LogP contribution in [0.5, 0.6) is 0 Å². The van der Waals surface area contributed by atoms with Crippen molar-refractivity contribution < 1.29 is 9.59 Å². The van der Waals surface area contributed by atoms with Gasteiger partial charge in [0.15, 0.2) is 0 Å². The summed E-state index contributed by atoms with van der Waals surface area (Å²) in [6.07, 6.45) is 6.52. The average Bonchev–Trinajstić information content (AvgIpc) is 2.91. The summed E-state index contributed by atoms with van der Waals surface area (Å²) in [5.41, 5.74) is 0.703. The third-order valence-electron chi connectivity index (χ3n) is 3.25. The molecule has 1 aliphatic rings. The van der Waals surface area contributed by atoms with Crippen LogP contribution in [0.2, 0.25) is 0 Å². The van der Waals surface area contributed by atoms with E-state index in [0.29, 0.717) is 12.2 Å². The van der Waals surface area contributed by atoms with Gasteiger partial charge in [0.2, 0.25) is 17.8 Å². The fourth-order valence-corrected chi connectivity index (χ4v) is 2.22. The van der Waals surface area contributed by atoms with E-state index in [2.05, 4.69) is 20.3 Å². The fourth-order valence-electron chi connectivity index (χ4n) is 2.22. The topological polar surface area (TPSA) is 88.1 Å². The minimum absolute atomic E-state index is 0.0860. The highest BCUT2D eigenvalue weighted by atomic mass is 16.2. The Bertz CT molecular complexity index is 647. The maximum Gasteiger partial charge on any atom is 0.232 e. The molecule has 7 heteroatoms. The average molecular weight is 283 g/mol. The third kappa shape index (κ3) is 2.86. The zero-order chi connectivity index (χ0) is 14.7. The van der Waals surface area contributed by atoms with Crippen LogP contribution in [0, 0.1) is 5.92 Å². The summed E-state index contributed by atoms with van der Waals surface area (Å²) >= 11 is 0. The van der Waals surface area contributed by atoms with Crippen LogP contribution in [0.25, 0.3) is 0 Å². The van der Waals surface area contributed by atoms with Crippen molar-refractivity contribution >= 4 is 23.5 Å². The predicted molar refractivity (Wildman–Crippen MR) is 75.4 cm³/mol. The van der Waals surface area contributed by atoms with Crippen molar-refractivity contribution in [3.8, 4) is 0 Å². The number of amides is 2. The number of aromatic nitrogens is 3. The first kappa shape index (κ1) is 13.2. The van der Waals surface area contributed by atoms with Crippen LogP contribution in [0.3, 0.4) is 0 Å². The summed E-state index contributed by atoms with van der Waals surface area (Å²) in [5.74, 6) is -0.505. The number of hydrogen-bond donors (Lipinski definition) is 1. The van der Waals surface area contributed by atoms with Crippen LogP contribution >= 0.6 is 0 Å². The van der Waals surface area contributed by atoms with Gasteiger partial charge in [-0.1, -0.05) is 0 Å². The molecule has 0 aromatic carbocycles. The summed E-state index contributed by atoms with van der Waals surface area (Å²) in [6.45, 7) is 0.337. The Hall–Kier alpha value is -2.83. The van der Waals surface area contributed by atoms with Crippen LogP contribution < -0.4 is 10.2 Å². The van der Waals surface area contributed by atoms with Gasteiger partial charge in [0.1, 0.15) is 0 Å². The highest BCUT2D eigenvalue weighted by Crippen LogP contribution is 2.24. The van der Waals surface area contributed by atoms with E-state index in [0.717, 1.165) is 0 Å². The Morgan fingerprint density at radius 3 is 2.76 bits per heavy atom. The van der Waals surface area contributed by atoms with Gasteiger partial charge in [0.05, 0.1) is 17.8 Å².